The van der Waals surface area contributed by atoms with Crippen molar-refractivity contribution in [2.45, 2.75) is 0 Å². The average molecular weight is 569 g/mol. The van der Waals surface area contributed by atoms with Crippen LogP contribution < -0.4 is 0 Å². The number of benzene rings is 6. The molecule has 0 saturated carbocycles. The first-order valence-electron chi connectivity index (χ1n) is 13.6. The third-order valence-corrected chi connectivity index (χ3v) is 10.2. The van der Waals surface area contributed by atoms with Crippen LogP contribution in [0.3, 0.4) is 0 Å². The second-order valence-electron chi connectivity index (χ2n) is 10.4. The highest BCUT2D eigenvalue weighted by Gasteiger charge is 2.15. The molecule has 0 radical (unpaired) electrons. The molecule has 0 saturated heterocycles. The number of fused-ring (bicyclic) bond motifs is 6. The van der Waals surface area contributed by atoms with E-state index in [0.717, 1.165) is 38.8 Å². The summed E-state index contributed by atoms with van der Waals surface area (Å²) in [6, 6.07) is 46.9. The van der Waals surface area contributed by atoms with E-state index in [4.69, 9.17) is 0 Å². The summed E-state index contributed by atoms with van der Waals surface area (Å²) in [6.45, 7) is 0. The summed E-state index contributed by atoms with van der Waals surface area (Å²) in [5, 5.41) is 24.1. The molecule has 2 nitrogen and oxygen atoms in total. The summed E-state index contributed by atoms with van der Waals surface area (Å²) in [5.74, 6) is 0. The lowest BCUT2D eigenvalue weighted by Gasteiger charge is -2.13. The van der Waals surface area contributed by atoms with Crippen molar-refractivity contribution < 1.29 is 0 Å². The SMILES string of the molecule is N#Cc1cccc(-c2cc(-c3ccc4c(c3)sc3ccccc34)cc(-c3cccc4sc5ccc(C#N)cc5c34)c2)c1. The van der Waals surface area contributed by atoms with E-state index in [1.807, 2.05) is 41.7 Å². The van der Waals surface area contributed by atoms with Crippen LogP contribution in [0.5, 0.6) is 0 Å². The van der Waals surface area contributed by atoms with Gasteiger partial charge in [0.25, 0.3) is 0 Å². The van der Waals surface area contributed by atoms with Crippen molar-refractivity contribution >= 4 is 63.0 Å². The van der Waals surface area contributed by atoms with Crippen LogP contribution in [0.2, 0.25) is 0 Å². The zero-order valence-corrected chi connectivity index (χ0v) is 23.9. The Labute approximate surface area is 250 Å². The Kier molecular flexibility index (Phi) is 5.66. The third-order valence-electron chi connectivity index (χ3n) is 7.91. The van der Waals surface area contributed by atoms with Crippen LogP contribution in [0.4, 0.5) is 0 Å². The summed E-state index contributed by atoms with van der Waals surface area (Å²) in [7, 11) is 0. The van der Waals surface area contributed by atoms with Crippen LogP contribution in [0.1, 0.15) is 11.1 Å². The summed E-state index contributed by atoms with van der Waals surface area (Å²) in [6.07, 6.45) is 0. The molecule has 0 unspecified atom stereocenters. The Hall–Kier alpha value is -5.26. The Balaban J connectivity index is 1.40. The molecule has 0 N–H and O–H groups in total. The minimum absolute atomic E-state index is 0.640. The molecule has 2 aromatic heterocycles. The van der Waals surface area contributed by atoms with E-state index >= 15 is 0 Å². The molecule has 0 amide bonds. The molecule has 8 aromatic rings. The highest BCUT2D eigenvalue weighted by Crippen LogP contribution is 2.43. The molecular formula is C38H20N2S2. The predicted molar refractivity (Wildman–Crippen MR) is 178 cm³/mol. The lowest BCUT2D eigenvalue weighted by Crippen LogP contribution is -1.88. The lowest BCUT2D eigenvalue weighted by atomic mass is 9.91. The van der Waals surface area contributed by atoms with Gasteiger partial charge in [0.1, 0.15) is 0 Å². The number of nitriles is 2. The molecule has 4 heteroatoms. The molecule has 0 spiro atoms. The van der Waals surface area contributed by atoms with Gasteiger partial charge in [-0.05, 0) is 100 Å². The highest BCUT2D eigenvalue weighted by atomic mass is 32.1. The standard InChI is InChI=1S/C38H20N2S2/c39-21-23-5-3-6-25(15-23)27-17-28(26-12-13-32-31-7-1-2-9-34(31)42-37(32)20-26)19-29(18-27)30-8-4-10-36-38(30)33-16-24(22-40)11-14-35(33)41-36/h1-20H. The minimum Gasteiger partial charge on any atom is -0.192 e. The van der Waals surface area contributed by atoms with Crippen LogP contribution in [0.25, 0.3) is 73.7 Å². The van der Waals surface area contributed by atoms with Crippen molar-refractivity contribution in [2.75, 3.05) is 0 Å². The van der Waals surface area contributed by atoms with Crippen LogP contribution in [-0.4, -0.2) is 0 Å². The Morgan fingerprint density at radius 1 is 0.405 bits per heavy atom. The Bertz CT molecular complexity index is 2450. The van der Waals surface area contributed by atoms with E-state index in [1.165, 1.54) is 35.0 Å². The van der Waals surface area contributed by atoms with E-state index in [1.54, 1.807) is 11.3 Å². The molecule has 2 heterocycles. The van der Waals surface area contributed by atoms with Gasteiger partial charge in [0, 0.05) is 40.3 Å². The maximum Gasteiger partial charge on any atom is 0.0991 e. The number of thiophene rings is 2. The fourth-order valence-electron chi connectivity index (χ4n) is 5.93. The first kappa shape index (κ1) is 24.5. The van der Waals surface area contributed by atoms with Crippen LogP contribution >= 0.6 is 22.7 Å². The van der Waals surface area contributed by atoms with Crippen molar-refractivity contribution in [1.29, 1.82) is 10.5 Å². The normalized spacial score (nSPS) is 11.3. The molecule has 0 aliphatic heterocycles. The van der Waals surface area contributed by atoms with Crippen molar-refractivity contribution in [3.8, 4) is 45.5 Å². The van der Waals surface area contributed by atoms with Gasteiger partial charge in [-0.25, -0.2) is 0 Å². The van der Waals surface area contributed by atoms with E-state index in [0.29, 0.717) is 11.1 Å². The molecule has 0 bridgehead atoms. The second-order valence-corrected chi connectivity index (χ2v) is 12.6. The number of rotatable bonds is 3. The van der Waals surface area contributed by atoms with Gasteiger partial charge in [0.2, 0.25) is 0 Å². The lowest BCUT2D eigenvalue weighted by molar-refractivity contribution is 1.48. The van der Waals surface area contributed by atoms with Crippen molar-refractivity contribution in [3.05, 3.63) is 132 Å². The quantitative estimate of drug-likeness (QED) is 0.213. The molecule has 42 heavy (non-hydrogen) atoms. The molecule has 0 aliphatic carbocycles. The van der Waals surface area contributed by atoms with E-state index in [-0.39, 0.29) is 0 Å². The summed E-state index contributed by atoms with van der Waals surface area (Å²) in [4.78, 5) is 0. The fraction of sp³-hybridized carbons (Fsp3) is 0. The summed E-state index contributed by atoms with van der Waals surface area (Å²) < 4.78 is 4.93. The maximum absolute atomic E-state index is 9.61. The zero-order valence-electron chi connectivity index (χ0n) is 22.3. The minimum atomic E-state index is 0.640. The number of hydrogen-bond donors (Lipinski definition) is 0. The predicted octanol–water partition coefficient (Wildman–Crippen LogP) is 11.2. The monoisotopic (exact) mass is 568 g/mol. The molecule has 0 atom stereocenters. The van der Waals surface area contributed by atoms with E-state index in [9.17, 15) is 10.5 Å². The first-order valence-corrected chi connectivity index (χ1v) is 15.2. The van der Waals surface area contributed by atoms with Gasteiger partial charge >= 0.3 is 0 Å². The molecule has 6 aromatic carbocycles. The molecule has 8 rings (SSSR count). The van der Waals surface area contributed by atoms with Crippen LogP contribution in [0, 0.1) is 22.7 Å². The van der Waals surface area contributed by atoms with Crippen molar-refractivity contribution in [1.82, 2.24) is 0 Å². The first-order chi connectivity index (χ1) is 20.7. The highest BCUT2D eigenvalue weighted by molar-refractivity contribution is 7.26. The average Bonchev–Trinajstić information content (AvgIpc) is 3.62. The number of nitrogens with zero attached hydrogens (tertiary/aromatic N) is 2. The van der Waals surface area contributed by atoms with Gasteiger partial charge in [-0.15, -0.1) is 22.7 Å². The van der Waals surface area contributed by atoms with E-state index < -0.39 is 0 Å². The molecular weight excluding hydrogens is 549 g/mol. The van der Waals surface area contributed by atoms with Gasteiger partial charge in [0.15, 0.2) is 0 Å². The largest absolute Gasteiger partial charge is 0.192 e. The summed E-state index contributed by atoms with van der Waals surface area (Å²) >= 11 is 3.58. The Morgan fingerprint density at radius 2 is 1.07 bits per heavy atom. The fourth-order valence-corrected chi connectivity index (χ4v) is 8.18. The van der Waals surface area contributed by atoms with Gasteiger partial charge in [-0.1, -0.05) is 54.6 Å². The van der Waals surface area contributed by atoms with Crippen molar-refractivity contribution in [3.63, 3.8) is 0 Å². The summed E-state index contributed by atoms with van der Waals surface area (Å²) in [5.41, 5.74) is 7.89. The molecule has 194 valence electrons. The van der Waals surface area contributed by atoms with Gasteiger partial charge < -0.3 is 0 Å². The molecule has 0 fully saturated rings. The van der Waals surface area contributed by atoms with E-state index in [2.05, 4.69) is 103 Å². The number of hydrogen-bond acceptors (Lipinski definition) is 4. The Morgan fingerprint density at radius 3 is 1.93 bits per heavy atom. The van der Waals surface area contributed by atoms with Crippen molar-refractivity contribution in [2.24, 2.45) is 0 Å². The topological polar surface area (TPSA) is 47.6 Å². The van der Waals surface area contributed by atoms with Crippen LogP contribution in [-0.2, 0) is 0 Å². The second kappa shape index (κ2) is 9.68. The van der Waals surface area contributed by atoms with Gasteiger partial charge in [-0.3, -0.25) is 0 Å². The smallest absolute Gasteiger partial charge is 0.0991 e. The zero-order chi connectivity index (χ0) is 28.2. The third kappa shape index (κ3) is 3.98. The molecule has 0 aliphatic rings. The van der Waals surface area contributed by atoms with Gasteiger partial charge in [-0.2, -0.15) is 10.5 Å². The van der Waals surface area contributed by atoms with Gasteiger partial charge in [0.05, 0.1) is 23.3 Å². The maximum atomic E-state index is 9.61. The van der Waals surface area contributed by atoms with Crippen LogP contribution in [0.15, 0.2) is 121 Å².